The van der Waals surface area contributed by atoms with Crippen LogP contribution < -0.4 is 9.64 Å². The number of hydrogen-bond donors (Lipinski definition) is 2. The zero-order valence-corrected chi connectivity index (χ0v) is 29.6. The number of hydrogen-bond acceptors (Lipinski definition) is 4. The molecule has 0 saturated carbocycles. The van der Waals surface area contributed by atoms with Crippen LogP contribution in [-0.4, -0.2) is 58.6 Å². The molecule has 0 fully saturated rings. The van der Waals surface area contributed by atoms with Gasteiger partial charge in [-0.05, 0) is 69.5 Å². The minimum atomic E-state index is -0.177. The Bertz CT molecular complexity index is 1500. The molecule has 1 aromatic heterocycles. The molecule has 3 aromatic carbocycles. The van der Waals surface area contributed by atoms with Gasteiger partial charge in [-0.2, -0.15) is 6.92 Å². The van der Waals surface area contributed by atoms with E-state index in [0.717, 1.165) is 46.0 Å². The second-order valence-corrected chi connectivity index (χ2v) is 11.6. The molecule has 2 atom stereocenters. The van der Waals surface area contributed by atoms with Crippen LogP contribution in [0.25, 0.3) is 21.7 Å². The third-order valence-corrected chi connectivity index (χ3v) is 8.60. The first-order chi connectivity index (χ1) is 19.1. The molecule has 2 heterocycles. The second-order valence-electron chi connectivity index (χ2n) is 10.9. The van der Waals surface area contributed by atoms with Gasteiger partial charge in [-0.15, -0.1) is 11.6 Å². The van der Waals surface area contributed by atoms with Crippen LogP contribution >= 0.6 is 11.6 Å². The zero-order chi connectivity index (χ0) is 29.2. The maximum Gasteiger partial charge on any atom is 0.274 e. The number of aromatic hydroxyl groups is 1. The molecule has 0 bridgehead atoms. The maximum absolute atomic E-state index is 13.8. The van der Waals surface area contributed by atoms with E-state index in [0.29, 0.717) is 24.5 Å². The molecular formula is C34H44ClN3O3Y-2. The van der Waals surface area contributed by atoms with Crippen molar-refractivity contribution in [2.75, 3.05) is 31.6 Å². The van der Waals surface area contributed by atoms with Gasteiger partial charge in [0.05, 0.1) is 5.69 Å². The first-order valence-corrected chi connectivity index (χ1v) is 14.4. The summed E-state index contributed by atoms with van der Waals surface area (Å²) in [6, 6.07) is 17.1. The average molecular weight is 667 g/mol. The van der Waals surface area contributed by atoms with Gasteiger partial charge in [-0.3, -0.25) is 9.69 Å². The largest absolute Gasteiger partial charge is 0.507 e. The first-order valence-electron chi connectivity index (χ1n) is 14.0. The molecule has 225 valence electrons. The molecule has 5 rings (SSSR count). The molecule has 0 aliphatic carbocycles. The summed E-state index contributed by atoms with van der Waals surface area (Å²) in [6.45, 7) is 15.5. The molecular weight excluding hydrogens is 623 g/mol. The Labute approximate surface area is 281 Å². The number of carbonyl (C=O) groups excluding carboxylic acids is 1. The van der Waals surface area contributed by atoms with E-state index in [1.54, 1.807) is 17.9 Å². The normalized spacial score (nSPS) is 15.0. The minimum Gasteiger partial charge on any atom is -0.507 e. The van der Waals surface area contributed by atoms with Gasteiger partial charge in [0.15, 0.2) is 0 Å². The summed E-state index contributed by atoms with van der Waals surface area (Å²) < 4.78 is 6.04. The number of alkyl halides is 1. The molecule has 2 N–H and O–H groups in total. The smallest absolute Gasteiger partial charge is 0.274 e. The summed E-state index contributed by atoms with van der Waals surface area (Å²) in [5.41, 5.74) is 3.21. The van der Waals surface area contributed by atoms with Crippen molar-refractivity contribution in [2.45, 2.75) is 57.9 Å². The number of halogens is 1. The van der Waals surface area contributed by atoms with Crippen LogP contribution in [0.4, 0.5) is 5.69 Å². The van der Waals surface area contributed by atoms with Gasteiger partial charge < -0.3 is 34.1 Å². The summed E-state index contributed by atoms with van der Waals surface area (Å²) in [5.74, 6) is 0.743. The van der Waals surface area contributed by atoms with E-state index >= 15 is 0 Å². The fraction of sp³-hybridized carbons (Fsp3) is 0.382. The number of phenolic OH excluding ortho intramolecular Hbond substituents is 1. The number of likely N-dealkylation sites (N-methyl/N-ethyl adjacent to an activating group) is 1. The van der Waals surface area contributed by atoms with Gasteiger partial charge in [0.1, 0.15) is 23.8 Å². The van der Waals surface area contributed by atoms with E-state index in [2.05, 4.69) is 44.6 Å². The summed E-state index contributed by atoms with van der Waals surface area (Å²) in [7, 11) is 2.12. The molecule has 8 heteroatoms. The molecule has 1 aliphatic rings. The van der Waals surface area contributed by atoms with Gasteiger partial charge >= 0.3 is 0 Å². The third kappa shape index (κ3) is 7.15. The van der Waals surface area contributed by atoms with E-state index in [1.807, 2.05) is 55.5 Å². The molecule has 1 radical (unpaired) electrons. The number of phenols is 1. The van der Waals surface area contributed by atoms with E-state index in [9.17, 15) is 9.90 Å². The molecule has 42 heavy (non-hydrogen) atoms. The molecule has 1 amide bonds. The summed E-state index contributed by atoms with van der Waals surface area (Å²) in [4.78, 5) is 21.1. The Kier molecular flexibility index (Phi) is 12.9. The van der Waals surface area contributed by atoms with Gasteiger partial charge in [0.2, 0.25) is 0 Å². The molecule has 0 spiro atoms. The van der Waals surface area contributed by atoms with E-state index in [1.165, 1.54) is 0 Å². The van der Waals surface area contributed by atoms with Crippen molar-refractivity contribution in [1.29, 1.82) is 0 Å². The van der Waals surface area contributed by atoms with Crippen LogP contribution in [0.2, 0.25) is 0 Å². The van der Waals surface area contributed by atoms with Crippen LogP contribution in [0.1, 0.15) is 63.0 Å². The fourth-order valence-corrected chi connectivity index (χ4v) is 5.47. The Morgan fingerprint density at radius 1 is 1.19 bits per heavy atom. The predicted molar refractivity (Wildman–Crippen MR) is 174 cm³/mol. The average Bonchev–Trinajstić information content (AvgIpc) is 3.56. The molecule has 4 aromatic rings. The number of anilines is 1. The van der Waals surface area contributed by atoms with E-state index < -0.39 is 0 Å². The Morgan fingerprint density at radius 2 is 1.86 bits per heavy atom. The van der Waals surface area contributed by atoms with Gasteiger partial charge in [0, 0.05) is 85.0 Å². The van der Waals surface area contributed by atoms with Crippen LogP contribution in [0.15, 0.2) is 54.6 Å². The number of ether oxygens (including phenoxy) is 1. The standard InChI is InChI=1S/C31H36ClN3O3.C2H5.CH3.Y/c1-6-31(3,4)34(5)13-14-38-21-11-12-25-20(15-21)16-26(33-25)30(37)35-18-24(19(2)32)29-23-10-8-7-9-22(23)28(36)17-27(29)35;1-2;;/h7-12,15-17,19,24,33,36H,6,13-14,18H2,1-5H3;1H2,2H3;1H3;/q;2*-1;/t19-,24+;;;/m1.../s1. The van der Waals surface area contributed by atoms with Gasteiger partial charge in [-0.25, -0.2) is 0 Å². The van der Waals surface area contributed by atoms with Crippen LogP contribution in [-0.2, 0) is 32.7 Å². The quantitative estimate of drug-likeness (QED) is 0.147. The number of aromatic nitrogens is 1. The van der Waals surface area contributed by atoms with E-state index in [4.69, 9.17) is 16.3 Å². The molecule has 0 unspecified atom stereocenters. The van der Waals surface area contributed by atoms with Crippen molar-refractivity contribution in [3.63, 3.8) is 0 Å². The topological polar surface area (TPSA) is 68.8 Å². The van der Waals surface area contributed by atoms with Crippen LogP contribution in [0, 0.1) is 14.4 Å². The van der Waals surface area contributed by atoms with E-state index in [-0.39, 0.29) is 68.6 Å². The molecule has 0 saturated heterocycles. The minimum absolute atomic E-state index is 0. The third-order valence-electron chi connectivity index (χ3n) is 8.30. The van der Waals surface area contributed by atoms with Crippen molar-refractivity contribution in [3.8, 4) is 11.5 Å². The first kappa shape index (κ1) is 36.1. The number of nitrogens with one attached hydrogen (secondary N) is 1. The Balaban J connectivity index is 0.00000151. The van der Waals surface area contributed by atoms with Gasteiger partial charge in [0.25, 0.3) is 5.91 Å². The summed E-state index contributed by atoms with van der Waals surface area (Å²) in [6.07, 6.45) is 1.07. The molecule has 6 nitrogen and oxygen atoms in total. The SMILES string of the molecule is CCC(C)(C)N(C)CCOc1ccc2[nH]c(C(=O)N3C[C@@H]([C@@H](C)Cl)c4c3cc(O)c3ccccc43)cc2c1.[CH2-]C.[CH3-].[Y]. The van der Waals surface area contributed by atoms with Crippen molar-refractivity contribution in [1.82, 2.24) is 9.88 Å². The Hall–Kier alpha value is -2.12. The van der Waals surface area contributed by atoms with Crippen molar-refractivity contribution in [2.24, 2.45) is 0 Å². The monoisotopic (exact) mass is 666 g/mol. The van der Waals surface area contributed by atoms with Crippen LogP contribution in [0.5, 0.6) is 11.5 Å². The van der Waals surface area contributed by atoms with Gasteiger partial charge in [-0.1, -0.05) is 31.2 Å². The number of fused-ring (bicyclic) bond motifs is 4. The maximum atomic E-state index is 13.8. The predicted octanol–water partition coefficient (Wildman–Crippen LogP) is 8.19. The number of rotatable bonds is 8. The van der Waals surface area contributed by atoms with Crippen molar-refractivity contribution in [3.05, 3.63) is 80.2 Å². The number of H-pyrrole nitrogens is 1. The summed E-state index contributed by atoms with van der Waals surface area (Å²) in [5, 5.41) is 13.2. The van der Waals surface area contributed by atoms with Crippen molar-refractivity contribution >= 4 is 44.9 Å². The fourth-order valence-electron chi connectivity index (χ4n) is 5.27. The molecule has 1 aliphatic heterocycles. The van der Waals surface area contributed by atoms with Crippen LogP contribution in [0.3, 0.4) is 0 Å². The number of carbonyl (C=O) groups is 1. The zero-order valence-electron chi connectivity index (χ0n) is 26.0. The number of amides is 1. The van der Waals surface area contributed by atoms with Crippen molar-refractivity contribution < 1.29 is 47.3 Å². The summed E-state index contributed by atoms with van der Waals surface area (Å²) >= 11 is 6.62. The number of aromatic amines is 1. The number of benzene rings is 3. The second kappa shape index (κ2) is 15.1. The Morgan fingerprint density at radius 3 is 2.50 bits per heavy atom. The number of nitrogens with zero attached hydrogens (tertiary/aromatic N) is 2.